The van der Waals surface area contributed by atoms with Gasteiger partial charge in [0.25, 0.3) is 0 Å². The van der Waals surface area contributed by atoms with Crippen molar-refractivity contribution in [2.24, 2.45) is 0 Å². The molecule has 1 atom stereocenters. The molecule has 1 aliphatic rings. The van der Waals surface area contributed by atoms with Crippen LogP contribution >= 0.6 is 0 Å². The first-order valence-corrected chi connectivity index (χ1v) is 6.99. The third-order valence-electron chi connectivity index (χ3n) is 2.87. The monoisotopic (exact) mass is 266 g/mol. The van der Waals surface area contributed by atoms with Crippen molar-refractivity contribution in [1.29, 1.82) is 0 Å². The van der Waals surface area contributed by atoms with E-state index in [2.05, 4.69) is 16.6 Å². The highest BCUT2D eigenvalue weighted by Crippen LogP contribution is 2.33. The van der Waals surface area contributed by atoms with Crippen molar-refractivity contribution in [1.82, 2.24) is 4.72 Å². The molecule has 0 fully saturated rings. The lowest BCUT2D eigenvalue weighted by atomic mass is 10.0. The van der Waals surface area contributed by atoms with Crippen molar-refractivity contribution < 1.29 is 13.2 Å². The number of amides is 1. The molecule has 0 aliphatic carbocycles. The minimum absolute atomic E-state index is 0.112. The molecule has 2 rings (SSSR count). The quantitative estimate of drug-likeness (QED) is 0.804. The van der Waals surface area contributed by atoms with Crippen molar-refractivity contribution in [2.45, 2.75) is 17.7 Å². The second kappa shape index (κ2) is 4.55. The first kappa shape index (κ1) is 12.8. The van der Waals surface area contributed by atoms with E-state index in [0.29, 0.717) is 11.3 Å². The largest absolute Gasteiger partial charge is 0.325 e. The van der Waals surface area contributed by atoms with Gasteiger partial charge in [-0.1, -0.05) is 6.08 Å². The first-order chi connectivity index (χ1) is 8.45. The molecule has 18 heavy (non-hydrogen) atoms. The summed E-state index contributed by atoms with van der Waals surface area (Å²) in [6.07, 6.45) is 1.47. The molecule has 96 valence electrons. The molecule has 0 saturated heterocycles. The van der Waals surface area contributed by atoms with Gasteiger partial charge in [0.1, 0.15) is 0 Å². The van der Waals surface area contributed by atoms with Gasteiger partial charge in [-0.25, -0.2) is 13.1 Å². The lowest BCUT2D eigenvalue weighted by molar-refractivity contribution is -0.116. The van der Waals surface area contributed by atoms with Crippen molar-refractivity contribution in [3.05, 3.63) is 36.4 Å². The third-order valence-corrected chi connectivity index (χ3v) is 4.29. The van der Waals surface area contributed by atoms with E-state index in [1.165, 1.54) is 18.2 Å². The van der Waals surface area contributed by atoms with E-state index < -0.39 is 10.0 Å². The summed E-state index contributed by atoms with van der Waals surface area (Å²) < 4.78 is 26.2. The standard InChI is InChI=1S/C12H14N2O3S/c1-3-6-13-18(16,17)9-4-5-11-10(7-9)8(2)12(15)14-11/h3-5,7-8,13H,1,6H2,2H3,(H,14,15). The number of rotatable bonds is 4. The fourth-order valence-electron chi connectivity index (χ4n) is 1.81. The minimum Gasteiger partial charge on any atom is -0.325 e. The maximum absolute atomic E-state index is 11.9. The van der Waals surface area contributed by atoms with Crippen LogP contribution in [-0.4, -0.2) is 20.9 Å². The summed E-state index contributed by atoms with van der Waals surface area (Å²) in [5, 5.41) is 2.70. The molecular weight excluding hydrogens is 252 g/mol. The van der Waals surface area contributed by atoms with Crippen molar-refractivity contribution in [3.63, 3.8) is 0 Å². The second-order valence-corrected chi connectivity index (χ2v) is 5.87. The number of benzene rings is 1. The lowest BCUT2D eigenvalue weighted by Crippen LogP contribution is -2.23. The Morgan fingerprint density at radius 1 is 1.50 bits per heavy atom. The van der Waals surface area contributed by atoms with Crippen molar-refractivity contribution in [3.8, 4) is 0 Å². The topological polar surface area (TPSA) is 75.3 Å². The minimum atomic E-state index is -3.55. The number of carbonyl (C=O) groups excluding carboxylic acids is 1. The number of fused-ring (bicyclic) bond motifs is 1. The van der Waals surface area contributed by atoms with E-state index >= 15 is 0 Å². The second-order valence-electron chi connectivity index (χ2n) is 4.10. The molecule has 2 N–H and O–H groups in total. The molecule has 1 amide bonds. The number of sulfonamides is 1. The Labute approximate surface area is 106 Å². The predicted molar refractivity (Wildman–Crippen MR) is 68.9 cm³/mol. The van der Waals surface area contributed by atoms with Gasteiger partial charge < -0.3 is 5.32 Å². The van der Waals surface area contributed by atoms with Gasteiger partial charge in [-0.15, -0.1) is 6.58 Å². The smallest absolute Gasteiger partial charge is 0.240 e. The Morgan fingerprint density at radius 3 is 2.89 bits per heavy atom. The van der Waals surface area contributed by atoms with Gasteiger partial charge in [-0.3, -0.25) is 4.79 Å². The van der Waals surface area contributed by atoms with Crippen LogP contribution in [0.3, 0.4) is 0 Å². The predicted octanol–water partition coefficient (Wildman–Crippen LogP) is 1.21. The van der Waals surface area contributed by atoms with Gasteiger partial charge in [0.05, 0.1) is 10.8 Å². The third kappa shape index (κ3) is 2.16. The molecule has 0 spiro atoms. The number of hydrogen-bond donors (Lipinski definition) is 2. The van der Waals surface area contributed by atoms with Gasteiger partial charge in [-0.2, -0.15) is 0 Å². The van der Waals surface area contributed by atoms with Gasteiger partial charge in [0, 0.05) is 12.2 Å². The zero-order chi connectivity index (χ0) is 13.3. The fraction of sp³-hybridized carbons (Fsp3) is 0.250. The summed E-state index contributed by atoms with van der Waals surface area (Å²) in [6, 6.07) is 4.62. The van der Waals surface area contributed by atoms with Crippen LogP contribution in [0.15, 0.2) is 35.7 Å². The molecule has 1 unspecified atom stereocenters. The van der Waals surface area contributed by atoms with Crippen LogP contribution in [0, 0.1) is 0 Å². The normalized spacial score (nSPS) is 18.3. The average Bonchev–Trinajstić information content (AvgIpc) is 2.62. The zero-order valence-electron chi connectivity index (χ0n) is 9.93. The van der Waals surface area contributed by atoms with E-state index in [0.717, 1.165) is 0 Å². The first-order valence-electron chi connectivity index (χ1n) is 5.51. The summed E-state index contributed by atoms with van der Waals surface area (Å²) in [6.45, 7) is 5.37. The van der Waals surface area contributed by atoms with Crippen LogP contribution in [0.1, 0.15) is 18.4 Å². The number of anilines is 1. The average molecular weight is 266 g/mol. The van der Waals surface area contributed by atoms with E-state index in [1.807, 2.05) is 0 Å². The fourth-order valence-corrected chi connectivity index (χ4v) is 2.85. The highest BCUT2D eigenvalue weighted by atomic mass is 32.2. The molecule has 0 saturated carbocycles. The molecule has 5 nitrogen and oxygen atoms in total. The highest BCUT2D eigenvalue weighted by molar-refractivity contribution is 7.89. The maximum Gasteiger partial charge on any atom is 0.240 e. The van der Waals surface area contributed by atoms with Crippen LogP contribution in [0.25, 0.3) is 0 Å². The van der Waals surface area contributed by atoms with E-state index in [4.69, 9.17) is 0 Å². The van der Waals surface area contributed by atoms with E-state index in [9.17, 15) is 13.2 Å². The summed E-state index contributed by atoms with van der Waals surface area (Å²) in [5.41, 5.74) is 1.39. The Morgan fingerprint density at radius 2 is 2.22 bits per heavy atom. The molecule has 1 aliphatic heterocycles. The number of carbonyl (C=O) groups is 1. The van der Waals surface area contributed by atoms with Crippen LogP contribution in [-0.2, 0) is 14.8 Å². The van der Waals surface area contributed by atoms with Gasteiger partial charge in [0.15, 0.2) is 0 Å². The van der Waals surface area contributed by atoms with Gasteiger partial charge >= 0.3 is 0 Å². The molecule has 0 aromatic heterocycles. The number of nitrogens with one attached hydrogen (secondary N) is 2. The van der Waals surface area contributed by atoms with Crippen LogP contribution in [0.5, 0.6) is 0 Å². The van der Waals surface area contributed by atoms with Crippen LogP contribution in [0.4, 0.5) is 5.69 Å². The Balaban J connectivity index is 2.39. The lowest BCUT2D eigenvalue weighted by Gasteiger charge is -2.07. The molecule has 6 heteroatoms. The molecular formula is C12H14N2O3S. The van der Waals surface area contributed by atoms with Crippen molar-refractivity contribution >= 4 is 21.6 Å². The highest BCUT2D eigenvalue weighted by Gasteiger charge is 2.28. The number of hydrogen-bond acceptors (Lipinski definition) is 3. The molecule has 0 radical (unpaired) electrons. The molecule has 1 aromatic rings. The van der Waals surface area contributed by atoms with Gasteiger partial charge in [-0.05, 0) is 30.7 Å². The summed E-state index contributed by atoms with van der Waals surface area (Å²) >= 11 is 0. The molecule has 1 heterocycles. The molecule has 0 bridgehead atoms. The van der Waals surface area contributed by atoms with Crippen LogP contribution in [0.2, 0.25) is 0 Å². The summed E-state index contributed by atoms with van der Waals surface area (Å²) in [7, 11) is -3.55. The Bertz CT molecular complexity index is 608. The molecule has 1 aromatic carbocycles. The zero-order valence-corrected chi connectivity index (χ0v) is 10.8. The Kier molecular flexibility index (Phi) is 3.23. The SMILES string of the molecule is C=CCNS(=O)(=O)c1ccc2c(c1)C(C)C(=O)N2. The summed E-state index contributed by atoms with van der Waals surface area (Å²) in [4.78, 5) is 11.6. The van der Waals surface area contributed by atoms with E-state index in [1.54, 1.807) is 13.0 Å². The van der Waals surface area contributed by atoms with Gasteiger partial charge in [0.2, 0.25) is 15.9 Å². The Hall–Kier alpha value is -1.66. The summed E-state index contributed by atoms with van der Waals surface area (Å²) in [5.74, 6) is -0.437. The van der Waals surface area contributed by atoms with E-state index in [-0.39, 0.29) is 23.3 Å². The maximum atomic E-state index is 11.9. The van der Waals surface area contributed by atoms with Crippen LogP contribution < -0.4 is 10.0 Å². The van der Waals surface area contributed by atoms with Crippen molar-refractivity contribution in [2.75, 3.05) is 11.9 Å².